The third kappa shape index (κ3) is 16.3. The van der Waals surface area contributed by atoms with Crippen LogP contribution in [-0.4, -0.2) is 26.9 Å². The highest BCUT2D eigenvalue weighted by atomic mass is 16.3. The number of allylic oxidation sites excluding steroid dienone is 7. The number of aliphatic hydroxyl groups excluding tert-OH is 1. The number of ketones is 2. The molecule has 1 aliphatic carbocycles. The predicted octanol–water partition coefficient (Wildman–Crippen LogP) is 13.3. The number of carbonyl (C=O) groups is 2. The third-order valence-corrected chi connectivity index (χ3v) is 10.0. The van der Waals surface area contributed by atoms with Crippen molar-refractivity contribution in [3.8, 4) is 11.5 Å². The molecule has 0 aliphatic heterocycles. The molecule has 0 radical (unpaired) electrons. The van der Waals surface area contributed by atoms with Gasteiger partial charge in [0, 0.05) is 28.3 Å². The van der Waals surface area contributed by atoms with Crippen molar-refractivity contribution in [3.63, 3.8) is 0 Å². The molecule has 5 heteroatoms. The Balaban J connectivity index is 1.91. The molecule has 0 bridgehead atoms. The van der Waals surface area contributed by atoms with Gasteiger partial charge in [-0.2, -0.15) is 0 Å². The molecular formula is C45H70O5. The van der Waals surface area contributed by atoms with E-state index >= 15 is 0 Å². The van der Waals surface area contributed by atoms with Crippen LogP contribution in [0.25, 0.3) is 5.57 Å². The molecule has 0 atom stereocenters. The molecule has 0 aromatic heterocycles. The molecule has 0 unspecified atom stereocenters. The Bertz CT molecular complexity index is 1260. The van der Waals surface area contributed by atoms with Gasteiger partial charge in [-0.3, -0.25) is 9.59 Å². The first-order valence-corrected chi connectivity index (χ1v) is 20.4. The zero-order valence-electron chi connectivity index (χ0n) is 32.0. The second kappa shape index (κ2) is 26.7. The Kier molecular flexibility index (Phi) is 23.0. The number of aliphatic hydroxyl groups is 1. The minimum atomic E-state index is -0.680. The first-order chi connectivity index (χ1) is 24.3. The minimum absolute atomic E-state index is 0.00623. The average Bonchev–Trinajstić information content (AvgIpc) is 3.10. The SMILES string of the molecule is CCCCCC/C=C\CCCCCCCc1cc(O)cc(O)c1C1=C(CCCCCCC/C=C\CCCCCCCC)C(=O)C(=O)C(C)=C1O. The molecular weight excluding hydrogens is 620 g/mol. The first-order valence-electron chi connectivity index (χ1n) is 20.4. The maximum atomic E-state index is 13.3. The Morgan fingerprint density at radius 2 is 0.940 bits per heavy atom. The van der Waals surface area contributed by atoms with Crippen LogP contribution in [0, 0.1) is 0 Å². The van der Waals surface area contributed by atoms with Gasteiger partial charge in [0.25, 0.3) is 0 Å². The van der Waals surface area contributed by atoms with E-state index in [1.807, 2.05) is 0 Å². The van der Waals surface area contributed by atoms with Crippen molar-refractivity contribution < 1.29 is 24.9 Å². The predicted molar refractivity (Wildman–Crippen MR) is 211 cm³/mol. The highest BCUT2D eigenvalue weighted by Gasteiger charge is 2.35. The lowest BCUT2D eigenvalue weighted by molar-refractivity contribution is -0.132. The zero-order chi connectivity index (χ0) is 36.4. The van der Waals surface area contributed by atoms with Crippen LogP contribution in [0.1, 0.15) is 192 Å². The minimum Gasteiger partial charge on any atom is -0.508 e. The molecule has 2 rings (SSSR count). The normalized spacial score (nSPS) is 14.0. The number of benzene rings is 1. The lowest BCUT2D eigenvalue weighted by Crippen LogP contribution is -2.25. The summed E-state index contributed by atoms with van der Waals surface area (Å²) in [7, 11) is 0. The van der Waals surface area contributed by atoms with E-state index in [4.69, 9.17) is 0 Å². The summed E-state index contributed by atoms with van der Waals surface area (Å²) in [6.45, 7) is 5.95. The number of aryl methyl sites for hydroxylation is 1. The van der Waals surface area contributed by atoms with Gasteiger partial charge in [0.1, 0.15) is 17.3 Å². The number of rotatable bonds is 29. The number of aromatic hydroxyl groups is 2. The Labute approximate surface area is 305 Å². The van der Waals surface area contributed by atoms with Gasteiger partial charge in [0.15, 0.2) is 0 Å². The molecule has 0 spiro atoms. The van der Waals surface area contributed by atoms with Gasteiger partial charge in [-0.05, 0) is 95.6 Å². The quantitative estimate of drug-likeness (QED) is 0.0336. The smallest absolute Gasteiger partial charge is 0.232 e. The maximum absolute atomic E-state index is 13.3. The van der Waals surface area contributed by atoms with Gasteiger partial charge in [-0.1, -0.05) is 128 Å². The second-order valence-corrected chi connectivity index (χ2v) is 14.4. The summed E-state index contributed by atoms with van der Waals surface area (Å²) in [5.74, 6) is -1.75. The molecule has 1 aliphatic rings. The Morgan fingerprint density at radius 3 is 1.44 bits per heavy atom. The molecule has 0 saturated carbocycles. The van der Waals surface area contributed by atoms with Gasteiger partial charge in [0.2, 0.25) is 11.6 Å². The van der Waals surface area contributed by atoms with E-state index in [-0.39, 0.29) is 34.0 Å². The molecule has 1 aromatic carbocycles. The van der Waals surface area contributed by atoms with Gasteiger partial charge >= 0.3 is 0 Å². The van der Waals surface area contributed by atoms with Crippen LogP contribution in [0.4, 0.5) is 0 Å². The number of hydrogen-bond donors (Lipinski definition) is 3. The largest absolute Gasteiger partial charge is 0.508 e. The molecule has 5 nitrogen and oxygen atoms in total. The Hall–Kier alpha value is -3.08. The third-order valence-electron chi connectivity index (χ3n) is 10.0. The van der Waals surface area contributed by atoms with E-state index in [0.29, 0.717) is 24.0 Å². The number of hydrogen-bond acceptors (Lipinski definition) is 5. The fourth-order valence-corrected chi connectivity index (χ4v) is 6.93. The lowest BCUT2D eigenvalue weighted by Gasteiger charge is -2.23. The van der Waals surface area contributed by atoms with Gasteiger partial charge in [0.05, 0.1) is 0 Å². The van der Waals surface area contributed by atoms with E-state index in [2.05, 4.69) is 38.2 Å². The summed E-state index contributed by atoms with van der Waals surface area (Å²) >= 11 is 0. The second-order valence-electron chi connectivity index (χ2n) is 14.4. The van der Waals surface area contributed by atoms with E-state index in [1.165, 1.54) is 96.5 Å². The summed E-state index contributed by atoms with van der Waals surface area (Å²) in [6, 6.07) is 2.88. The van der Waals surface area contributed by atoms with Gasteiger partial charge in [-0.25, -0.2) is 0 Å². The van der Waals surface area contributed by atoms with Gasteiger partial charge < -0.3 is 15.3 Å². The summed E-state index contributed by atoms with van der Waals surface area (Å²) in [4.78, 5) is 26.1. The highest BCUT2D eigenvalue weighted by Crippen LogP contribution is 2.42. The summed E-state index contributed by atoms with van der Waals surface area (Å²) in [5, 5.41) is 32.7. The maximum Gasteiger partial charge on any atom is 0.232 e. The molecule has 0 amide bonds. The monoisotopic (exact) mass is 691 g/mol. The molecule has 0 saturated heterocycles. The van der Waals surface area contributed by atoms with Crippen molar-refractivity contribution in [1.29, 1.82) is 0 Å². The lowest BCUT2D eigenvalue weighted by atomic mass is 9.81. The average molecular weight is 691 g/mol. The van der Waals surface area contributed by atoms with Crippen LogP contribution in [0.2, 0.25) is 0 Å². The topological polar surface area (TPSA) is 94.8 Å². The summed E-state index contributed by atoms with van der Waals surface area (Å²) < 4.78 is 0. The summed E-state index contributed by atoms with van der Waals surface area (Å²) in [5.41, 5.74) is 1.60. The molecule has 50 heavy (non-hydrogen) atoms. The molecule has 3 N–H and O–H groups in total. The number of Topliss-reactive ketones (excluding diaryl/α,β-unsaturated/α-hetero) is 2. The van der Waals surface area contributed by atoms with E-state index in [1.54, 1.807) is 6.07 Å². The molecule has 280 valence electrons. The van der Waals surface area contributed by atoms with E-state index < -0.39 is 11.6 Å². The van der Waals surface area contributed by atoms with Crippen LogP contribution in [-0.2, 0) is 16.0 Å². The van der Waals surface area contributed by atoms with Crippen molar-refractivity contribution >= 4 is 17.1 Å². The number of phenolic OH excluding ortho intramolecular Hbond substituents is 2. The van der Waals surface area contributed by atoms with Crippen molar-refractivity contribution in [2.24, 2.45) is 0 Å². The number of unbranched alkanes of at least 4 members (excludes halogenated alkanes) is 20. The van der Waals surface area contributed by atoms with Crippen LogP contribution in [0.3, 0.4) is 0 Å². The highest BCUT2D eigenvalue weighted by molar-refractivity contribution is 6.52. The summed E-state index contributed by atoms with van der Waals surface area (Å²) in [6.07, 6.45) is 38.2. The molecule has 0 heterocycles. The number of carbonyl (C=O) groups excluding carboxylic acids is 2. The number of phenols is 2. The van der Waals surface area contributed by atoms with Crippen LogP contribution in [0.15, 0.2) is 53.3 Å². The fourth-order valence-electron chi connectivity index (χ4n) is 6.93. The van der Waals surface area contributed by atoms with Gasteiger partial charge in [-0.15, -0.1) is 0 Å². The van der Waals surface area contributed by atoms with E-state index in [9.17, 15) is 24.9 Å². The van der Waals surface area contributed by atoms with Crippen LogP contribution >= 0.6 is 0 Å². The molecule has 1 aromatic rings. The van der Waals surface area contributed by atoms with Crippen molar-refractivity contribution in [2.75, 3.05) is 0 Å². The molecule has 0 fully saturated rings. The van der Waals surface area contributed by atoms with Crippen LogP contribution < -0.4 is 0 Å². The van der Waals surface area contributed by atoms with E-state index in [0.717, 1.165) is 70.6 Å². The zero-order valence-corrected chi connectivity index (χ0v) is 32.0. The van der Waals surface area contributed by atoms with Crippen molar-refractivity contribution in [1.82, 2.24) is 0 Å². The fraction of sp³-hybridized carbons (Fsp3) is 0.644. The first kappa shape index (κ1) is 43.1. The van der Waals surface area contributed by atoms with Crippen LogP contribution in [0.5, 0.6) is 11.5 Å². The standard InChI is InChI=1S/C45H70O5/c1-4-6-8-10-12-14-16-18-19-21-23-25-27-29-31-33-39-42(43(48)36(3)44(49)45(39)50)41-37(34-38(46)35-40(41)47)32-30-28-26-24-22-20-17-15-13-11-9-7-5-2/h15,17-19,34-35,46-48H,4-14,16,20-33H2,1-3H3/b17-15-,19-18-. The Morgan fingerprint density at radius 1 is 0.520 bits per heavy atom. The van der Waals surface area contributed by atoms with Crippen molar-refractivity contribution in [2.45, 2.75) is 188 Å². The van der Waals surface area contributed by atoms with Crippen molar-refractivity contribution in [3.05, 3.63) is 64.5 Å².